The van der Waals surface area contributed by atoms with E-state index in [-0.39, 0.29) is 12.0 Å². The highest BCUT2D eigenvalue weighted by molar-refractivity contribution is 5.81. The minimum atomic E-state index is -0.173. The highest BCUT2D eigenvalue weighted by atomic mass is 16.5. The molecule has 1 amide bonds. The molecule has 0 aromatic heterocycles. The topological polar surface area (TPSA) is 38.3 Å². The van der Waals surface area contributed by atoms with E-state index in [0.29, 0.717) is 11.5 Å². The molecule has 1 saturated heterocycles. The number of amides is 1. The molecule has 3 nitrogen and oxygen atoms in total. The van der Waals surface area contributed by atoms with Crippen LogP contribution in [0.25, 0.3) is 0 Å². The second-order valence-corrected chi connectivity index (χ2v) is 8.25. The van der Waals surface area contributed by atoms with E-state index in [1.54, 1.807) is 0 Å². The third-order valence-corrected chi connectivity index (χ3v) is 6.77. The van der Waals surface area contributed by atoms with E-state index in [4.69, 9.17) is 4.74 Å². The smallest absolute Gasteiger partial charge is 0.249 e. The predicted octanol–water partition coefficient (Wildman–Crippen LogP) is 3.28. The number of rotatable bonds is 4. The standard InChI is InChI=1S/C18H29NO2/c1-2-16(19-17(20)15-4-3-5-21-15)18-9-12-6-13(10-18)8-14(7-12)11-18/h12-16H,2-11H2,1H3,(H,19,20)/t12?,13?,14?,15-,16-,18?/m1/s1. The van der Waals surface area contributed by atoms with E-state index in [0.717, 1.165) is 43.6 Å². The summed E-state index contributed by atoms with van der Waals surface area (Å²) >= 11 is 0. The van der Waals surface area contributed by atoms with Gasteiger partial charge in [0.2, 0.25) is 5.91 Å². The van der Waals surface area contributed by atoms with Crippen molar-refractivity contribution in [1.29, 1.82) is 0 Å². The molecule has 5 rings (SSSR count). The first-order valence-electron chi connectivity index (χ1n) is 9.10. The van der Waals surface area contributed by atoms with Crippen molar-refractivity contribution in [1.82, 2.24) is 5.32 Å². The third-order valence-electron chi connectivity index (χ3n) is 6.77. The number of nitrogens with one attached hydrogen (secondary N) is 1. The van der Waals surface area contributed by atoms with Crippen LogP contribution in [0.15, 0.2) is 0 Å². The quantitative estimate of drug-likeness (QED) is 0.863. The molecular weight excluding hydrogens is 262 g/mol. The molecule has 5 fully saturated rings. The van der Waals surface area contributed by atoms with Crippen molar-refractivity contribution in [2.45, 2.75) is 76.9 Å². The lowest BCUT2D eigenvalue weighted by Crippen LogP contribution is -2.57. The van der Waals surface area contributed by atoms with Gasteiger partial charge in [-0.1, -0.05) is 6.92 Å². The molecule has 5 aliphatic rings. The average Bonchev–Trinajstić information content (AvgIpc) is 2.97. The highest BCUT2D eigenvalue weighted by Gasteiger charge is 2.54. The molecule has 0 aromatic carbocycles. The Kier molecular flexibility index (Phi) is 3.52. The number of carbonyl (C=O) groups is 1. The molecule has 0 aromatic rings. The van der Waals surface area contributed by atoms with Crippen molar-refractivity contribution >= 4 is 5.91 Å². The predicted molar refractivity (Wildman–Crippen MR) is 81.8 cm³/mol. The first-order valence-corrected chi connectivity index (χ1v) is 9.10. The van der Waals surface area contributed by atoms with Crippen LogP contribution in [0.4, 0.5) is 0 Å². The summed E-state index contributed by atoms with van der Waals surface area (Å²) in [6.07, 6.45) is 11.3. The van der Waals surface area contributed by atoms with Crippen LogP contribution in [0.5, 0.6) is 0 Å². The summed E-state index contributed by atoms with van der Waals surface area (Å²) in [5, 5.41) is 3.40. The number of carbonyl (C=O) groups excluding carboxylic acids is 1. The van der Waals surface area contributed by atoms with Gasteiger partial charge < -0.3 is 10.1 Å². The van der Waals surface area contributed by atoms with Crippen molar-refractivity contribution in [3.63, 3.8) is 0 Å². The van der Waals surface area contributed by atoms with Crippen molar-refractivity contribution in [2.24, 2.45) is 23.2 Å². The molecule has 1 N–H and O–H groups in total. The molecule has 0 unspecified atom stereocenters. The second-order valence-electron chi connectivity index (χ2n) is 8.25. The van der Waals surface area contributed by atoms with E-state index >= 15 is 0 Å². The number of ether oxygens (including phenoxy) is 1. The number of hydrogen-bond acceptors (Lipinski definition) is 2. The van der Waals surface area contributed by atoms with E-state index in [1.807, 2.05) is 0 Å². The number of hydrogen-bond donors (Lipinski definition) is 1. The Hall–Kier alpha value is -0.570. The maximum Gasteiger partial charge on any atom is 0.249 e. The molecule has 4 bridgehead atoms. The minimum absolute atomic E-state index is 0.162. The van der Waals surface area contributed by atoms with Gasteiger partial charge in [0.05, 0.1) is 0 Å². The fourth-order valence-electron chi connectivity index (χ4n) is 6.34. The van der Waals surface area contributed by atoms with Gasteiger partial charge in [-0.25, -0.2) is 0 Å². The van der Waals surface area contributed by atoms with Crippen LogP contribution < -0.4 is 5.32 Å². The Morgan fingerprint density at radius 3 is 2.29 bits per heavy atom. The molecule has 4 aliphatic carbocycles. The van der Waals surface area contributed by atoms with Gasteiger partial charge in [-0.15, -0.1) is 0 Å². The van der Waals surface area contributed by atoms with Crippen LogP contribution in [-0.2, 0) is 9.53 Å². The lowest BCUT2D eigenvalue weighted by Gasteiger charge is -2.59. The van der Waals surface area contributed by atoms with Gasteiger partial charge in [-0.3, -0.25) is 4.79 Å². The molecule has 21 heavy (non-hydrogen) atoms. The zero-order valence-corrected chi connectivity index (χ0v) is 13.3. The van der Waals surface area contributed by atoms with Gasteiger partial charge in [0.25, 0.3) is 0 Å². The van der Waals surface area contributed by atoms with Gasteiger partial charge in [0.1, 0.15) is 6.10 Å². The zero-order chi connectivity index (χ0) is 14.4. The lowest BCUT2D eigenvalue weighted by molar-refractivity contribution is -0.135. The minimum Gasteiger partial charge on any atom is -0.368 e. The normalized spacial score (nSPS) is 45.8. The Morgan fingerprint density at radius 2 is 1.81 bits per heavy atom. The van der Waals surface area contributed by atoms with Crippen LogP contribution in [0.1, 0.15) is 64.7 Å². The molecule has 0 spiro atoms. The second kappa shape index (κ2) is 5.26. The average molecular weight is 291 g/mol. The summed E-state index contributed by atoms with van der Waals surface area (Å²) in [4.78, 5) is 12.5. The zero-order valence-electron chi connectivity index (χ0n) is 13.3. The Morgan fingerprint density at radius 1 is 1.19 bits per heavy atom. The maximum absolute atomic E-state index is 12.5. The van der Waals surface area contributed by atoms with Crippen LogP contribution in [0.3, 0.4) is 0 Å². The monoisotopic (exact) mass is 291 g/mol. The van der Waals surface area contributed by atoms with Crippen molar-refractivity contribution in [3.05, 3.63) is 0 Å². The summed E-state index contributed by atoms with van der Waals surface area (Å²) < 4.78 is 5.57. The van der Waals surface area contributed by atoms with E-state index in [1.165, 1.54) is 38.5 Å². The molecule has 118 valence electrons. The van der Waals surface area contributed by atoms with Gasteiger partial charge in [0, 0.05) is 12.6 Å². The third kappa shape index (κ3) is 2.42. The van der Waals surface area contributed by atoms with Crippen LogP contribution in [0, 0.1) is 23.2 Å². The summed E-state index contributed by atoms with van der Waals surface area (Å²) in [6, 6.07) is 0.377. The molecule has 3 heteroatoms. The summed E-state index contributed by atoms with van der Waals surface area (Å²) in [5.41, 5.74) is 0.414. The highest BCUT2D eigenvalue weighted by Crippen LogP contribution is 2.61. The summed E-state index contributed by atoms with van der Waals surface area (Å²) in [6.45, 7) is 3.01. The van der Waals surface area contributed by atoms with Crippen molar-refractivity contribution in [2.75, 3.05) is 6.61 Å². The maximum atomic E-state index is 12.5. The lowest BCUT2D eigenvalue weighted by atomic mass is 9.47. The SMILES string of the molecule is CC[C@@H](NC(=O)[C@H]1CCCO1)C12CC3CC(CC(C3)C1)C2. The molecule has 0 radical (unpaired) electrons. The van der Waals surface area contributed by atoms with E-state index < -0.39 is 0 Å². The largest absolute Gasteiger partial charge is 0.368 e. The van der Waals surface area contributed by atoms with Gasteiger partial charge in [-0.2, -0.15) is 0 Å². The Labute approximate surface area is 128 Å². The van der Waals surface area contributed by atoms with Gasteiger partial charge in [-0.05, 0) is 81.0 Å². The molecule has 2 atom stereocenters. The molecule has 1 heterocycles. The Balaban J connectivity index is 1.48. The van der Waals surface area contributed by atoms with E-state index in [2.05, 4.69) is 12.2 Å². The van der Waals surface area contributed by atoms with E-state index in [9.17, 15) is 4.79 Å². The fraction of sp³-hybridized carbons (Fsp3) is 0.944. The van der Waals surface area contributed by atoms with Crippen molar-refractivity contribution in [3.8, 4) is 0 Å². The van der Waals surface area contributed by atoms with Crippen LogP contribution in [0.2, 0.25) is 0 Å². The van der Waals surface area contributed by atoms with Gasteiger partial charge in [0.15, 0.2) is 0 Å². The first-order chi connectivity index (χ1) is 10.2. The van der Waals surface area contributed by atoms with Crippen LogP contribution in [-0.4, -0.2) is 24.7 Å². The molecule has 4 saturated carbocycles. The van der Waals surface area contributed by atoms with Gasteiger partial charge >= 0.3 is 0 Å². The summed E-state index contributed by atoms with van der Waals surface area (Å²) in [5.74, 6) is 3.01. The first kappa shape index (κ1) is 14.0. The fourth-order valence-corrected chi connectivity index (χ4v) is 6.34. The molecular formula is C18H29NO2. The van der Waals surface area contributed by atoms with Crippen molar-refractivity contribution < 1.29 is 9.53 Å². The van der Waals surface area contributed by atoms with Crippen LogP contribution >= 0.6 is 0 Å². The molecule has 1 aliphatic heterocycles. The summed E-state index contributed by atoms with van der Waals surface area (Å²) in [7, 11) is 0. The Bertz CT molecular complexity index is 378.